The maximum atomic E-state index is 13.1. The quantitative estimate of drug-likeness (QED) is 0.307. The normalized spacial score (nSPS) is 33.8. The lowest BCUT2D eigenvalue weighted by atomic mass is 9.63. The van der Waals surface area contributed by atoms with Crippen LogP contribution in [0.1, 0.15) is 98.5 Å². The third kappa shape index (κ3) is 5.81. The van der Waals surface area contributed by atoms with E-state index in [9.17, 15) is 8.42 Å². The summed E-state index contributed by atoms with van der Waals surface area (Å²) in [6.45, 7) is 15.4. The van der Waals surface area contributed by atoms with Crippen molar-refractivity contribution in [2.75, 3.05) is 6.61 Å². The monoisotopic (exact) mass is 536 g/mol. The molecule has 6 nitrogen and oxygen atoms in total. The summed E-state index contributed by atoms with van der Waals surface area (Å²) in [4.78, 5) is 0.244. The van der Waals surface area contributed by atoms with Gasteiger partial charge in [0, 0.05) is 6.61 Å². The van der Waals surface area contributed by atoms with Gasteiger partial charge in [0.05, 0.1) is 28.8 Å². The number of hydrogen-bond donors (Lipinski definition) is 0. The lowest BCUT2D eigenvalue weighted by Gasteiger charge is -2.46. The lowest BCUT2D eigenvalue weighted by Crippen LogP contribution is -2.45. The summed E-state index contributed by atoms with van der Waals surface area (Å²) in [5.74, 6) is 0.0350. The molecule has 2 saturated carbocycles. The second-order valence-corrected chi connectivity index (χ2v) is 13.9. The van der Waals surface area contributed by atoms with Gasteiger partial charge in [0.15, 0.2) is 5.79 Å². The number of hydrogen-bond acceptors (Lipinski definition) is 6. The molecule has 3 aliphatic rings. The summed E-state index contributed by atoms with van der Waals surface area (Å²) in [6.07, 6.45) is 7.36. The lowest BCUT2D eigenvalue weighted by molar-refractivity contribution is -0.164. The first kappa shape index (κ1) is 29.0. The van der Waals surface area contributed by atoms with Crippen LogP contribution in [-0.4, -0.2) is 44.7 Å². The Hall–Kier alpha value is -0.990. The molecule has 0 radical (unpaired) electrons. The SMILES string of the molecule is CCC1(CC)OC(C)(C)O[C@H]1CCO[C@H](C)[C@H]1CC[C@H]2[C@@H](OS(=O)(=O)c3ccc(C)cc3)CCC[C@]12C. The van der Waals surface area contributed by atoms with E-state index in [-0.39, 0.29) is 40.1 Å². The molecule has 0 N–H and O–H groups in total. The van der Waals surface area contributed by atoms with Crippen molar-refractivity contribution in [2.45, 2.75) is 134 Å². The zero-order valence-electron chi connectivity index (χ0n) is 23.9. The van der Waals surface area contributed by atoms with Gasteiger partial charge in [-0.3, -0.25) is 4.18 Å². The van der Waals surface area contributed by atoms with Crippen molar-refractivity contribution in [1.82, 2.24) is 0 Å². The molecule has 37 heavy (non-hydrogen) atoms. The van der Waals surface area contributed by atoms with E-state index < -0.39 is 15.9 Å². The van der Waals surface area contributed by atoms with E-state index in [2.05, 4.69) is 27.7 Å². The van der Waals surface area contributed by atoms with Crippen molar-refractivity contribution in [3.63, 3.8) is 0 Å². The number of aryl methyl sites for hydroxylation is 1. The summed E-state index contributed by atoms with van der Waals surface area (Å²) >= 11 is 0. The van der Waals surface area contributed by atoms with Crippen molar-refractivity contribution >= 4 is 10.1 Å². The van der Waals surface area contributed by atoms with E-state index in [1.807, 2.05) is 32.9 Å². The van der Waals surface area contributed by atoms with Crippen LogP contribution < -0.4 is 0 Å². The molecule has 1 aromatic rings. The Kier molecular flexibility index (Phi) is 8.53. The molecule has 6 atom stereocenters. The molecule has 4 rings (SSSR count). The molecule has 3 fully saturated rings. The van der Waals surface area contributed by atoms with Crippen LogP contribution in [0.15, 0.2) is 29.2 Å². The van der Waals surface area contributed by atoms with E-state index in [1.54, 1.807) is 12.1 Å². The number of ether oxygens (including phenoxy) is 3. The molecular formula is C30H48O6S. The molecule has 0 aromatic heterocycles. The largest absolute Gasteiger partial charge is 0.378 e. The Morgan fingerprint density at radius 2 is 1.73 bits per heavy atom. The minimum absolute atomic E-state index is 0.0106. The zero-order valence-corrected chi connectivity index (χ0v) is 24.7. The van der Waals surface area contributed by atoms with Gasteiger partial charge in [-0.25, -0.2) is 0 Å². The van der Waals surface area contributed by atoms with Crippen LogP contribution >= 0.6 is 0 Å². The predicted octanol–water partition coefficient (Wildman–Crippen LogP) is 6.79. The standard InChI is InChI=1S/C30H48O6S/c1-8-30(9-2)27(34-28(5,6)36-30)18-20-33-22(4)24-16-17-25-26(11-10-19-29(24,25)7)35-37(31,32)23-14-12-21(3)13-15-23/h12-15,22,24-27H,8-11,16-20H2,1-7H3/t22-,24-,25+,26+,27+,29-/m1/s1. The van der Waals surface area contributed by atoms with Crippen molar-refractivity contribution in [3.8, 4) is 0 Å². The maximum absolute atomic E-state index is 13.1. The van der Waals surface area contributed by atoms with Crippen molar-refractivity contribution in [1.29, 1.82) is 0 Å². The van der Waals surface area contributed by atoms with Crippen LogP contribution in [0.3, 0.4) is 0 Å². The van der Waals surface area contributed by atoms with Gasteiger partial charge in [-0.15, -0.1) is 0 Å². The first-order valence-electron chi connectivity index (χ1n) is 14.4. The van der Waals surface area contributed by atoms with E-state index in [1.165, 1.54) is 0 Å². The van der Waals surface area contributed by atoms with Gasteiger partial charge in [0.1, 0.15) is 0 Å². The number of fused-ring (bicyclic) bond motifs is 1. The van der Waals surface area contributed by atoms with E-state index in [4.69, 9.17) is 18.4 Å². The predicted molar refractivity (Wildman–Crippen MR) is 145 cm³/mol. The molecule has 0 unspecified atom stereocenters. The maximum Gasteiger partial charge on any atom is 0.297 e. The fraction of sp³-hybridized carbons (Fsp3) is 0.800. The Labute approximate surface area is 224 Å². The average Bonchev–Trinajstić information content (AvgIpc) is 3.33. The Bertz CT molecular complexity index is 1020. The van der Waals surface area contributed by atoms with E-state index >= 15 is 0 Å². The Morgan fingerprint density at radius 1 is 1.05 bits per heavy atom. The topological polar surface area (TPSA) is 71.1 Å². The second kappa shape index (κ2) is 10.9. The summed E-state index contributed by atoms with van der Waals surface area (Å²) in [6, 6.07) is 6.93. The van der Waals surface area contributed by atoms with Crippen LogP contribution in [0.25, 0.3) is 0 Å². The van der Waals surface area contributed by atoms with Crippen LogP contribution in [0, 0.1) is 24.2 Å². The van der Waals surface area contributed by atoms with Gasteiger partial charge in [0.2, 0.25) is 0 Å². The molecule has 210 valence electrons. The fourth-order valence-corrected chi connectivity index (χ4v) is 8.78. The molecule has 0 amide bonds. The summed E-state index contributed by atoms with van der Waals surface area (Å²) in [5.41, 5.74) is 0.788. The van der Waals surface area contributed by atoms with Crippen molar-refractivity contribution in [3.05, 3.63) is 29.8 Å². The third-order valence-corrected chi connectivity index (χ3v) is 11.0. The molecule has 7 heteroatoms. The second-order valence-electron chi connectivity index (χ2n) is 12.3. The molecular weight excluding hydrogens is 488 g/mol. The molecule has 2 aliphatic carbocycles. The first-order chi connectivity index (χ1) is 17.4. The Morgan fingerprint density at radius 3 is 2.38 bits per heavy atom. The average molecular weight is 537 g/mol. The molecule has 0 bridgehead atoms. The highest BCUT2D eigenvalue weighted by Crippen LogP contribution is 2.58. The van der Waals surface area contributed by atoms with Crippen LogP contribution in [0.4, 0.5) is 0 Å². The van der Waals surface area contributed by atoms with Crippen LogP contribution in [0.2, 0.25) is 0 Å². The van der Waals surface area contributed by atoms with Gasteiger partial charge in [-0.05, 0) is 102 Å². The Balaban J connectivity index is 1.38. The number of rotatable bonds is 10. The summed E-state index contributed by atoms with van der Waals surface area (Å²) in [5, 5.41) is 0. The fourth-order valence-electron chi connectivity index (χ4n) is 7.65. The van der Waals surface area contributed by atoms with E-state index in [0.717, 1.165) is 56.9 Å². The minimum atomic E-state index is -3.79. The first-order valence-corrected chi connectivity index (χ1v) is 15.8. The summed E-state index contributed by atoms with van der Waals surface area (Å²) < 4.78 is 51.2. The smallest absolute Gasteiger partial charge is 0.297 e. The number of benzene rings is 1. The van der Waals surface area contributed by atoms with Crippen LogP contribution in [0.5, 0.6) is 0 Å². The molecule has 1 saturated heterocycles. The highest BCUT2D eigenvalue weighted by Gasteiger charge is 2.55. The van der Waals surface area contributed by atoms with Crippen LogP contribution in [-0.2, 0) is 28.5 Å². The third-order valence-electron chi connectivity index (χ3n) is 9.68. The van der Waals surface area contributed by atoms with E-state index in [0.29, 0.717) is 12.5 Å². The van der Waals surface area contributed by atoms with Gasteiger partial charge >= 0.3 is 0 Å². The molecule has 1 aliphatic heterocycles. The molecule has 1 aromatic carbocycles. The van der Waals surface area contributed by atoms with Gasteiger partial charge in [0.25, 0.3) is 10.1 Å². The highest BCUT2D eigenvalue weighted by molar-refractivity contribution is 7.86. The highest BCUT2D eigenvalue weighted by atomic mass is 32.2. The molecule has 1 heterocycles. The van der Waals surface area contributed by atoms with Gasteiger partial charge in [-0.1, -0.05) is 44.9 Å². The molecule has 0 spiro atoms. The minimum Gasteiger partial charge on any atom is -0.378 e. The van der Waals surface area contributed by atoms with Gasteiger partial charge < -0.3 is 14.2 Å². The van der Waals surface area contributed by atoms with Gasteiger partial charge in [-0.2, -0.15) is 8.42 Å². The van der Waals surface area contributed by atoms with Crippen molar-refractivity contribution < 1.29 is 26.8 Å². The summed E-state index contributed by atoms with van der Waals surface area (Å²) in [7, 11) is -3.79. The zero-order chi connectivity index (χ0) is 27.1. The van der Waals surface area contributed by atoms with Crippen molar-refractivity contribution in [2.24, 2.45) is 17.3 Å².